The third kappa shape index (κ3) is 2.39. The van der Waals surface area contributed by atoms with E-state index in [-0.39, 0.29) is 6.67 Å². The predicted molar refractivity (Wildman–Crippen MR) is 44.3 cm³/mol. The summed E-state index contributed by atoms with van der Waals surface area (Å²) < 4.78 is 0. The molecule has 0 fully saturated rings. The first kappa shape index (κ1) is 9.35. The molecule has 0 saturated heterocycles. The standard InChI is InChI=1S/C8H16N2O2/c1-2-3-4-5-8-6-9(11)7-10(8)12/h6,11-12H,2-5,7H2,1H3. The molecule has 0 aromatic carbocycles. The Balaban J connectivity index is 2.26. The van der Waals surface area contributed by atoms with E-state index in [4.69, 9.17) is 5.21 Å². The van der Waals surface area contributed by atoms with Gasteiger partial charge in [0.05, 0.1) is 11.9 Å². The third-order valence-corrected chi connectivity index (χ3v) is 1.94. The SMILES string of the molecule is CCCCCC1=CN(O)CN1O. The fraction of sp³-hybridized carbons (Fsp3) is 0.750. The molecule has 4 heteroatoms. The highest BCUT2D eigenvalue weighted by atomic mass is 16.5. The summed E-state index contributed by atoms with van der Waals surface area (Å²) in [5.74, 6) is 0. The van der Waals surface area contributed by atoms with Gasteiger partial charge in [-0.15, -0.1) is 0 Å². The Labute approximate surface area is 72.6 Å². The number of unbranched alkanes of at least 4 members (excludes halogenated alkanes) is 2. The van der Waals surface area contributed by atoms with Gasteiger partial charge in [0.25, 0.3) is 0 Å². The lowest BCUT2D eigenvalue weighted by atomic mass is 10.2. The molecule has 1 aliphatic heterocycles. The van der Waals surface area contributed by atoms with Crippen LogP contribution in [-0.2, 0) is 0 Å². The van der Waals surface area contributed by atoms with Gasteiger partial charge in [-0.1, -0.05) is 19.8 Å². The van der Waals surface area contributed by atoms with Crippen molar-refractivity contribution in [3.8, 4) is 0 Å². The number of nitrogens with zero attached hydrogens (tertiary/aromatic N) is 2. The molecule has 1 aliphatic rings. The largest absolute Gasteiger partial charge is 0.287 e. The lowest BCUT2D eigenvalue weighted by Gasteiger charge is -2.12. The molecular weight excluding hydrogens is 156 g/mol. The minimum Gasteiger partial charge on any atom is -0.287 e. The van der Waals surface area contributed by atoms with Crippen LogP contribution in [0.2, 0.25) is 0 Å². The van der Waals surface area contributed by atoms with Crippen LogP contribution in [0.3, 0.4) is 0 Å². The number of rotatable bonds is 4. The number of hydrogen-bond donors (Lipinski definition) is 2. The number of hydroxylamine groups is 4. The predicted octanol–water partition coefficient (Wildman–Crippen LogP) is 1.76. The number of allylic oxidation sites excluding steroid dienone is 1. The van der Waals surface area contributed by atoms with E-state index in [1.165, 1.54) is 6.42 Å². The zero-order valence-corrected chi connectivity index (χ0v) is 7.40. The Morgan fingerprint density at radius 3 is 2.67 bits per heavy atom. The molecule has 1 rings (SSSR count). The Bertz CT molecular complexity index is 170. The van der Waals surface area contributed by atoms with E-state index in [2.05, 4.69) is 6.92 Å². The number of hydrogen-bond acceptors (Lipinski definition) is 4. The third-order valence-electron chi connectivity index (χ3n) is 1.94. The summed E-state index contributed by atoms with van der Waals surface area (Å²) in [4.78, 5) is 0. The van der Waals surface area contributed by atoms with Crippen molar-refractivity contribution in [3.63, 3.8) is 0 Å². The van der Waals surface area contributed by atoms with Crippen molar-refractivity contribution in [1.29, 1.82) is 0 Å². The second-order valence-electron chi connectivity index (χ2n) is 3.06. The molecule has 1 heterocycles. The highest BCUT2D eigenvalue weighted by Crippen LogP contribution is 2.17. The summed E-state index contributed by atoms with van der Waals surface area (Å²) in [5.41, 5.74) is 0.797. The Morgan fingerprint density at radius 1 is 1.42 bits per heavy atom. The maximum Gasteiger partial charge on any atom is 0.140 e. The fourth-order valence-electron chi connectivity index (χ4n) is 1.26. The first-order valence-electron chi connectivity index (χ1n) is 4.36. The van der Waals surface area contributed by atoms with Gasteiger partial charge in [0.2, 0.25) is 0 Å². The lowest BCUT2D eigenvalue weighted by Crippen LogP contribution is -2.21. The molecule has 0 radical (unpaired) electrons. The van der Waals surface area contributed by atoms with Gasteiger partial charge in [0, 0.05) is 0 Å². The van der Waals surface area contributed by atoms with Crippen molar-refractivity contribution in [2.24, 2.45) is 0 Å². The van der Waals surface area contributed by atoms with Crippen LogP contribution in [0, 0.1) is 0 Å². The van der Waals surface area contributed by atoms with Crippen molar-refractivity contribution in [2.45, 2.75) is 32.6 Å². The van der Waals surface area contributed by atoms with E-state index in [0.717, 1.165) is 35.1 Å². The van der Waals surface area contributed by atoms with E-state index in [1.807, 2.05) is 0 Å². The molecule has 0 aromatic heterocycles. The summed E-state index contributed by atoms with van der Waals surface area (Å²) in [6.07, 6.45) is 5.79. The molecule has 4 nitrogen and oxygen atoms in total. The molecule has 0 bridgehead atoms. The zero-order valence-electron chi connectivity index (χ0n) is 7.40. The highest BCUT2D eigenvalue weighted by molar-refractivity contribution is 5.01. The maximum absolute atomic E-state index is 9.22. The molecule has 12 heavy (non-hydrogen) atoms. The van der Waals surface area contributed by atoms with Gasteiger partial charge in [0.15, 0.2) is 0 Å². The van der Waals surface area contributed by atoms with Crippen LogP contribution in [0.25, 0.3) is 0 Å². The quantitative estimate of drug-likeness (QED) is 0.634. The summed E-state index contributed by atoms with van der Waals surface area (Å²) >= 11 is 0. The van der Waals surface area contributed by atoms with E-state index < -0.39 is 0 Å². The molecular formula is C8H16N2O2. The first-order valence-corrected chi connectivity index (χ1v) is 4.36. The summed E-state index contributed by atoms with van der Waals surface area (Å²) in [6.45, 7) is 2.31. The summed E-state index contributed by atoms with van der Waals surface area (Å²) in [6, 6.07) is 0. The van der Waals surface area contributed by atoms with Crippen molar-refractivity contribution in [2.75, 3.05) is 6.67 Å². The Hall–Kier alpha value is -0.740. The van der Waals surface area contributed by atoms with Gasteiger partial charge < -0.3 is 0 Å². The highest BCUT2D eigenvalue weighted by Gasteiger charge is 2.16. The van der Waals surface area contributed by atoms with Gasteiger partial charge in [-0.25, -0.2) is 10.1 Å². The first-order chi connectivity index (χ1) is 5.74. The molecule has 0 saturated carbocycles. The fourth-order valence-corrected chi connectivity index (χ4v) is 1.26. The molecule has 0 aromatic rings. The topological polar surface area (TPSA) is 46.9 Å². The van der Waals surface area contributed by atoms with E-state index in [9.17, 15) is 5.21 Å². The van der Waals surface area contributed by atoms with Gasteiger partial charge >= 0.3 is 0 Å². The maximum atomic E-state index is 9.22. The van der Waals surface area contributed by atoms with Gasteiger partial charge in [-0.3, -0.25) is 10.4 Å². The molecule has 0 unspecified atom stereocenters. The molecule has 0 amide bonds. The van der Waals surface area contributed by atoms with Crippen LogP contribution in [-0.4, -0.2) is 27.2 Å². The molecule has 0 atom stereocenters. The Kier molecular flexibility index (Phi) is 3.37. The van der Waals surface area contributed by atoms with E-state index in [0.29, 0.717) is 0 Å². The normalized spacial score (nSPS) is 17.1. The van der Waals surface area contributed by atoms with Crippen molar-refractivity contribution in [1.82, 2.24) is 10.1 Å². The van der Waals surface area contributed by atoms with Crippen LogP contribution >= 0.6 is 0 Å². The lowest BCUT2D eigenvalue weighted by molar-refractivity contribution is -0.136. The Morgan fingerprint density at radius 2 is 2.17 bits per heavy atom. The van der Waals surface area contributed by atoms with Crippen LogP contribution in [0.15, 0.2) is 11.9 Å². The van der Waals surface area contributed by atoms with Gasteiger partial charge in [-0.2, -0.15) is 0 Å². The minimum atomic E-state index is 0.168. The summed E-state index contributed by atoms with van der Waals surface area (Å²) in [5, 5.41) is 20.3. The molecule has 70 valence electrons. The van der Waals surface area contributed by atoms with Crippen molar-refractivity contribution in [3.05, 3.63) is 11.9 Å². The van der Waals surface area contributed by atoms with Crippen LogP contribution in [0.5, 0.6) is 0 Å². The van der Waals surface area contributed by atoms with Gasteiger partial charge in [-0.05, 0) is 12.8 Å². The monoisotopic (exact) mass is 172 g/mol. The average Bonchev–Trinajstić information content (AvgIpc) is 2.31. The smallest absolute Gasteiger partial charge is 0.140 e. The van der Waals surface area contributed by atoms with E-state index >= 15 is 0 Å². The van der Waals surface area contributed by atoms with Crippen LogP contribution in [0.1, 0.15) is 32.6 Å². The van der Waals surface area contributed by atoms with Crippen LogP contribution < -0.4 is 0 Å². The second-order valence-corrected chi connectivity index (χ2v) is 3.06. The average molecular weight is 172 g/mol. The minimum absolute atomic E-state index is 0.168. The summed E-state index contributed by atoms with van der Waals surface area (Å²) in [7, 11) is 0. The molecule has 0 spiro atoms. The molecule has 0 aliphatic carbocycles. The molecule has 2 N–H and O–H groups in total. The second kappa shape index (κ2) is 4.33. The van der Waals surface area contributed by atoms with Crippen molar-refractivity contribution >= 4 is 0 Å². The van der Waals surface area contributed by atoms with Crippen LogP contribution in [0.4, 0.5) is 0 Å². The van der Waals surface area contributed by atoms with E-state index in [1.54, 1.807) is 6.20 Å². The van der Waals surface area contributed by atoms with Gasteiger partial charge in [0.1, 0.15) is 6.67 Å². The van der Waals surface area contributed by atoms with Crippen molar-refractivity contribution < 1.29 is 10.4 Å². The zero-order chi connectivity index (χ0) is 8.97.